The molecule has 1 saturated heterocycles. The first-order chi connectivity index (χ1) is 10.6. The van der Waals surface area contributed by atoms with E-state index >= 15 is 0 Å². The number of aliphatic hydroxyl groups is 1. The van der Waals surface area contributed by atoms with Crippen LogP contribution in [0.2, 0.25) is 0 Å². The summed E-state index contributed by atoms with van der Waals surface area (Å²) < 4.78 is 11.3. The van der Waals surface area contributed by atoms with Crippen LogP contribution >= 0.6 is 0 Å². The molecule has 122 valence electrons. The zero-order valence-corrected chi connectivity index (χ0v) is 13.0. The number of hydrogen-bond acceptors (Lipinski definition) is 4. The van der Waals surface area contributed by atoms with E-state index in [9.17, 15) is 9.90 Å². The minimum Gasteiger partial charge on any atom is -0.464 e. The third kappa shape index (κ3) is 3.62. The Morgan fingerprint density at radius 3 is 2.77 bits per heavy atom. The van der Waals surface area contributed by atoms with Crippen molar-refractivity contribution in [2.75, 3.05) is 19.7 Å². The first-order valence-electron chi connectivity index (χ1n) is 8.03. The van der Waals surface area contributed by atoms with Crippen LogP contribution in [0.1, 0.15) is 43.3 Å². The Labute approximate surface area is 130 Å². The average molecular weight is 308 g/mol. The maximum Gasteiger partial charge on any atom is 0.317 e. The third-order valence-electron chi connectivity index (χ3n) is 4.46. The molecule has 0 spiro atoms. The fourth-order valence-electron chi connectivity index (χ4n) is 3.12. The molecule has 2 amide bonds. The highest BCUT2D eigenvalue weighted by Crippen LogP contribution is 2.24. The second kappa shape index (κ2) is 6.71. The smallest absolute Gasteiger partial charge is 0.317 e. The summed E-state index contributed by atoms with van der Waals surface area (Å²) in [6.45, 7) is 3.51. The van der Waals surface area contributed by atoms with Gasteiger partial charge in [0.1, 0.15) is 17.6 Å². The average Bonchev–Trinajstić information content (AvgIpc) is 2.96. The maximum atomic E-state index is 12.4. The monoisotopic (exact) mass is 308 g/mol. The van der Waals surface area contributed by atoms with Crippen LogP contribution in [-0.4, -0.2) is 47.9 Å². The van der Waals surface area contributed by atoms with Gasteiger partial charge in [-0.15, -0.1) is 0 Å². The van der Waals surface area contributed by atoms with Gasteiger partial charge in [-0.05, 0) is 44.7 Å². The molecule has 0 aromatic carbocycles. The number of carbonyl (C=O) groups is 1. The van der Waals surface area contributed by atoms with Crippen LogP contribution < -0.4 is 5.32 Å². The van der Waals surface area contributed by atoms with Gasteiger partial charge in [-0.1, -0.05) is 0 Å². The van der Waals surface area contributed by atoms with E-state index in [1.807, 2.05) is 19.1 Å². The summed E-state index contributed by atoms with van der Waals surface area (Å²) >= 11 is 0. The lowest BCUT2D eigenvalue weighted by Gasteiger charge is -2.34. The number of nitrogens with one attached hydrogen (secondary N) is 1. The van der Waals surface area contributed by atoms with Crippen molar-refractivity contribution in [1.82, 2.24) is 10.2 Å². The summed E-state index contributed by atoms with van der Waals surface area (Å²) in [6.07, 6.45) is 2.82. The molecule has 6 nitrogen and oxygen atoms in total. The van der Waals surface area contributed by atoms with Crippen LogP contribution in [0.25, 0.3) is 0 Å². The van der Waals surface area contributed by atoms with Crippen molar-refractivity contribution in [3.63, 3.8) is 0 Å². The number of aliphatic hydroxyl groups excluding tert-OH is 1. The highest BCUT2D eigenvalue weighted by Gasteiger charge is 2.29. The molecule has 2 N–H and O–H groups in total. The summed E-state index contributed by atoms with van der Waals surface area (Å²) in [5, 5.41) is 12.6. The van der Waals surface area contributed by atoms with E-state index < -0.39 is 0 Å². The van der Waals surface area contributed by atoms with Gasteiger partial charge in [0, 0.05) is 12.6 Å². The van der Waals surface area contributed by atoms with E-state index in [1.165, 1.54) is 0 Å². The molecule has 1 unspecified atom stereocenters. The van der Waals surface area contributed by atoms with Crippen LogP contribution in [0.5, 0.6) is 0 Å². The van der Waals surface area contributed by atoms with Crippen molar-refractivity contribution < 1.29 is 19.1 Å². The van der Waals surface area contributed by atoms with Crippen molar-refractivity contribution in [3.05, 3.63) is 23.7 Å². The molecular weight excluding hydrogens is 284 g/mol. The first-order valence-corrected chi connectivity index (χ1v) is 8.03. The summed E-state index contributed by atoms with van der Waals surface area (Å²) in [6, 6.07) is 3.94. The lowest BCUT2D eigenvalue weighted by molar-refractivity contribution is -0.0269. The molecular formula is C16H24N2O4. The Hall–Kier alpha value is -1.53. The number of ether oxygens (including phenoxy) is 1. The van der Waals surface area contributed by atoms with Gasteiger partial charge in [0.15, 0.2) is 0 Å². The van der Waals surface area contributed by atoms with Gasteiger partial charge in [0.25, 0.3) is 0 Å². The SMILES string of the molecule is Cc1ccc(C2CN(C(=O)NC3CCC(O)CC3)CCO2)o1. The molecule has 6 heteroatoms. The van der Waals surface area contributed by atoms with Gasteiger partial charge < -0.3 is 24.5 Å². The Balaban J connectivity index is 1.54. The highest BCUT2D eigenvalue weighted by molar-refractivity contribution is 5.74. The minimum absolute atomic E-state index is 0.0435. The summed E-state index contributed by atoms with van der Waals surface area (Å²) in [5.74, 6) is 1.62. The van der Waals surface area contributed by atoms with E-state index in [1.54, 1.807) is 4.90 Å². The molecule has 3 rings (SSSR count). The molecule has 1 aliphatic carbocycles. The largest absolute Gasteiger partial charge is 0.464 e. The van der Waals surface area contributed by atoms with Gasteiger partial charge in [-0.2, -0.15) is 0 Å². The van der Waals surface area contributed by atoms with Crippen LogP contribution in [0.4, 0.5) is 4.79 Å². The van der Waals surface area contributed by atoms with Gasteiger partial charge >= 0.3 is 6.03 Å². The lowest BCUT2D eigenvalue weighted by Crippen LogP contribution is -2.50. The second-order valence-electron chi connectivity index (χ2n) is 6.21. The van der Waals surface area contributed by atoms with Crippen LogP contribution in [0.15, 0.2) is 16.5 Å². The second-order valence-corrected chi connectivity index (χ2v) is 6.21. The molecule has 2 fully saturated rings. The number of carbonyl (C=O) groups excluding carboxylic acids is 1. The fourth-order valence-corrected chi connectivity index (χ4v) is 3.12. The van der Waals surface area contributed by atoms with Crippen molar-refractivity contribution in [3.8, 4) is 0 Å². The van der Waals surface area contributed by atoms with Gasteiger partial charge in [-0.25, -0.2) is 4.79 Å². The normalized spacial score (nSPS) is 29.4. The van der Waals surface area contributed by atoms with E-state index in [4.69, 9.17) is 9.15 Å². The van der Waals surface area contributed by atoms with Crippen LogP contribution in [0, 0.1) is 6.92 Å². The first kappa shape index (κ1) is 15.4. The van der Waals surface area contributed by atoms with E-state index in [0.29, 0.717) is 19.7 Å². The molecule has 22 heavy (non-hydrogen) atoms. The predicted molar refractivity (Wildman–Crippen MR) is 80.5 cm³/mol. The van der Waals surface area contributed by atoms with E-state index in [2.05, 4.69) is 5.32 Å². The van der Waals surface area contributed by atoms with Crippen molar-refractivity contribution in [2.24, 2.45) is 0 Å². The Morgan fingerprint density at radius 1 is 1.32 bits per heavy atom. The van der Waals surface area contributed by atoms with Gasteiger partial charge in [-0.3, -0.25) is 0 Å². The van der Waals surface area contributed by atoms with E-state index in [-0.39, 0.29) is 24.3 Å². The Kier molecular flexibility index (Phi) is 4.69. The lowest BCUT2D eigenvalue weighted by atomic mass is 9.93. The summed E-state index contributed by atoms with van der Waals surface area (Å²) in [7, 11) is 0. The Morgan fingerprint density at radius 2 is 2.09 bits per heavy atom. The Bertz CT molecular complexity index is 508. The molecule has 1 atom stereocenters. The predicted octanol–water partition coefficient (Wildman–Crippen LogP) is 1.97. The quantitative estimate of drug-likeness (QED) is 0.876. The fraction of sp³-hybridized carbons (Fsp3) is 0.688. The number of urea groups is 1. The number of aryl methyl sites for hydroxylation is 1. The summed E-state index contributed by atoms with van der Waals surface area (Å²) in [4.78, 5) is 14.2. The van der Waals surface area contributed by atoms with Gasteiger partial charge in [0.2, 0.25) is 0 Å². The third-order valence-corrected chi connectivity index (χ3v) is 4.46. The number of hydrogen-bond donors (Lipinski definition) is 2. The zero-order valence-electron chi connectivity index (χ0n) is 13.0. The van der Waals surface area contributed by atoms with Crippen molar-refractivity contribution >= 4 is 6.03 Å². The van der Waals surface area contributed by atoms with Crippen LogP contribution in [0.3, 0.4) is 0 Å². The van der Waals surface area contributed by atoms with Crippen molar-refractivity contribution in [2.45, 2.75) is 50.9 Å². The number of morpholine rings is 1. The highest BCUT2D eigenvalue weighted by atomic mass is 16.5. The molecule has 1 aliphatic heterocycles. The van der Waals surface area contributed by atoms with Gasteiger partial charge in [0.05, 0.1) is 19.3 Å². The molecule has 2 heterocycles. The standard InChI is InChI=1S/C16H24N2O4/c1-11-2-7-14(22-11)15-10-18(8-9-21-15)16(20)17-12-3-5-13(19)6-4-12/h2,7,12-13,15,19H,3-6,8-10H2,1H3,(H,17,20). The topological polar surface area (TPSA) is 74.9 Å². The van der Waals surface area contributed by atoms with Crippen LogP contribution in [-0.2, 0) is 4.74 Å². The zero-order chi connectivity index (χ0) is 15.5. The molecule has 1 aromatic rings. The number of furan rings is 1. The number of rotatable bonds is 2. The van der Waals surface area contributed by atoms with E-state index in [0.717, 1.165) is 37.2 Å². The molecule has 0 bridgehead atoms. The molecule has 1 saturated carbocycles. The maximum absolute atomic E-state index is 12.4. The summed E-state index contributed by atoms with van der Waals surface area (Å²) in [5.41, 5.74) is 0. The number of nitrogens with zero attached hydrogens (tertiary/aromatic N) is 1. The molecule has 2 aliphatic rings. The molecule has 0 radical (unpaired) electrons. The van der Waals surface area contributed by atoms with Crippen molar-refractivity contribution in [1.29, 1.82) is 0 Å². The minimum atomic E-state index is -0.205. The molecule has 1 aromatic heterocycles. The number of amides is 2.